The maximum atomic E-state index is 13.2. The number of nitrogens with zero attached hydrogens (tertiary/aromatic N) is 1. The van der Waals surface area contributed by atoms with Gasteiger partial charge < -0.3 is 20.2 Å². The molecule has 0 bridgehead atoms. The minimum atomic E-state index is -0.866. The third-order valence-corrected chi connectivity index (χ3v) is 5.77. The van der Waals surface area contributed by atoms with Crippen molar-refractivity contribution < 1.29 is 18.7 Å². The highest BCUT2D eigenvalue weighted by Gasteiger charge is 2.25. The Labute approximate surface area is 209 Å². The molecular formula is C25H19Cl2N3O5. The van der Waals surface area contributed by atoms with Gasteiger partial charge in [0.25, 0.3) is 0 Å². The molecule has 1 atom stereocenters. The number of hydrogen-bond acceptors (Lipinski definition) is 6. The van der Waals surface area contributed by atoms with Crippen LogP contribution in [0.4, 0.5) is 10.5 Å². The first-order valence-corrected chi connectivity index (χ1v) is 11.3. The van der Waals surface area contributed by atoms with Crippen LogP contribution in [-0.2, 0) is 0 Å². The molecule has 0 radical (unpaired) electrons. The number of halogens is 2. The van der Waals surface area contributed by atoms with E-state index < -0.39 is 17.9 Å². The summed E-state index contributed by atoms with van der Waals surface area (Å²) in [6, 6.07) is 17.9. The summed E-state index contributed by atoms with van der Waals surface area (Å²) in [6.07, 6.45) is -0.0599. The summed E-state index contributed by atoms with van der Waals surface area (Å²) in [6.45, 7) is 0.0791. The lowest BCUT2D eigenvalue weighted by Crippen LogP contribution is -2.20. The summed E-state index contributed by atoms with van der Waals surface area (Å²) in [5, 5.41) is 6.34. The third-order valence-electron chi connectivity index (χ3n) is 5.22. The van der Waals surface area contributed by atoms with E-state index >= 15 is 0 Å². The van der Waals surface area contributed by atoms with Crippen molar-refractivity contribution in [2.45, 2.75) is 12.5 Å². The minimum Gasteiger partial charge on any atom is -0.486 e. The number of benzene rings is 3. The van der Waals surface area contributed by atoms with E-state index in [1.54, 1.807) is 18.2 Å². The fourth-order valence-electron chi connectivity index (χ4n) is 3.65. The Balaban J connectivity index is 1.73. The van der Waals surface area contributed by atoms with Crippen LogP contribution in [0.5, 0.6) is 5.75 Å². The summed E-state index contributed by atoms with van der Waals surface area (Å²) in [7, 11) is 0. The zero-order valence-electron chi connectivity index (χ0n) is 18.2. The average Bonchev–Trinajstić information content (AvgIpc) is 3.19. The van der Waals surface area contributed by atoms with Crippen LogP contribution in [0.1, 0.15) is 34.2 Å². The Morgan fingerprint density at radius 3 is 2.51 bits per heavy atom. The van der Waals surface area contributed by atoms with Crippen molar-refractivity contribution in [2.75, 3.05) is 11.9 Å². The molecule has 8 nitrogen and oxygen atoms in total. The number of urea groups is 1. The number of fused-ring (bicyclic) bond motifs is 1. The molecule has 0 aliphatic rings. The topological polar surface area (TPSA) is 124 Å². The number of amides is 2. The Kier molecular flexibility index (Phi) is 7.33. The molecule has 3 aromatic carbocycles. The summed E-state index contributed by atoms with van der Waals surface area (Å²) in [5.41, 5.74) is 6.74. The number of ketones is 1. The highest BCUT2D eigenvalue weighted by molar-refractivity contribution is 6.37. The summed E-state index contributed by atoms with van der Waals surface area (Å²) in [4.78, 5) is 35.6. The number of rotatable bonds is 9. The van der Waals surface area contributed by atoms with Gasteiger partial charge >= 0.3 is 6.03 Å². The van der Waals surface area contributed by atoms with Crippen LogP contribution in [0, 0.1) is 4.91 Å². The van der Waals surface area contributed by atoms with E-state index in [2.05, 4.69) is 10.5 Å². The molecule has 0 aliphatic heterocycles. The van der Waals surface area contributed by atoms with E-state index in [1.165, 1.54) is 18.2 Å². The number of hydrogen-bond donors (Lipinski definition) is 2. The van der Waals surface area contributed by atoms with E-state index in [0.717, 1.165) is 5.56 Å². The number of carbonyl (C=O) groups excluding carboxylic acids is 2. The molecule has 2 amide bonds. The van der Waals surface area contributed by atoms with Gasteiger partial charge in [0.05, 0.1) is 11.6 Å². The Hall–Kier alpha value is -3.88. The molecule has 0 aliphatic carbocycles. The first kappa shape index (κ1) is 24.3. The monoisotopic (exact) mass is 511 g/mol. The van der Waals surface area contributed by atoms with Gasteiger partial charge in [0.15, 0.2) is 5.76 Å². The zero-order valence-corrected chi connectivity index (χ0v) is 19.7. The maximum Gasteiger partial charge on any atom is 0.316 e. The normalized spacial score (nSPS) is 11.7. The molecule has 1 aromatic heterocycles. The highest BCUT2D eigenvalue weighted by atomic mass is 35.5. The molecule has 1 unspecified atom stereocenters. The molecule has 0 spiro atoms. The minimum absolute atomic E-state index is 0.0791. The second kappa shape index (κ2) is 10.6. The van der Waals surface area contributed by atoms with Crippen molar-refractivity contribution in [2.24, 2.45) is 10.9 Å². The van der Waals surface area contributed by atoms with Crippen LogP contribution >= 0.6 is 23.2 Å². The molecule has 10 heteroatoms. The van der Waals surface area contributed by atoms with Crippen molar-refractivity contribution in [3.05, 3.63) is 98.6 Å². The number of ether oxygens (including phenoxy) is 1. The van der Waals surface area contributed by atoms with Crippen LogP contribution in [-0.4, -0.2) is 18.4 Å². The second-order valence-electron chi connectivity index (χ2n) is 7.57. The molecule has 0 saturated heterocycles. The quantitative estimate of drug-likeness (QED) is 0.190. The van der Waals surface area contributed by atoms with Gasteiger partial charge in [0, 0.05) is 28.5 Å². The third kappa shape index (κ3) is 5.45. The van der Waals surface area contributed by atoms with E-state index in [-0.39, 0.29) is 34.2 Å². The van der Waals surface area contributed by atoms with Gasteiger partial charge in [-0.1, -0.05) is 58.7 Å². The van der Waals surface area contributed by atoms with E-state index in [4.69, 9.17) is 38.1 Å². The highest BCUT2D eigenvalue weighted by Crippen LogP contribution is 2.37. The van der Waals surface area contributed by atoms with Crippen LogP contribution in [0.3, 0.4) is 0 Å². The lowest BCUT2D eigenvalue weighted by atomic mass is 10.1. The molecule has 178 valence electrons. The van der Waals surface area contributed by atoms with Gasteiger partial charge in [-0.25, -0.2) is 4.79 Å². The number of carbonyl (C=O) groups is 2. The van der Waals surface area contributed by atoms with Crippen molar-refractivity contribution in [1.29, 1.82) is 0 Å². The number of nitrogens with one attached hydrogen (secondary N) is 1. The van der Waals surface area contributed by atoms with Gasteiger partial charge in [0.1, 0.15) is 23.1 Å². The van der Waals surface area contributed by atoms with Gasteiger partial charge in [-0.3, -0.25) is 4.79 Å². The standard InChI is InChI=1S/C25H19Cl2N3O5/c26-15-6-8-17(19(27)12-15)23(31)24-22(30-25(28)32)18-9-7-16(13-21(18)35-24)34-20(10-11-29-33)14-4-2-1-3-5-14/h1-9,12-13,20H,10-11H2,(H3,28,30,32). The fraction of sp³-hybridized carbons (Fsp3) is 0.120. The lowest BCUT2D eigenvalue weighted by molar-refractivity contribution is 0.101. The first-order valence-electron chi connectivity index (χ1n) is 10.5. The van der Waals surface area contributed by atoms with Crippen molar-refractivity contribution in [3.63, 3.8) is 0 Å². The largest absolute Gasteiger partial charge is 0.486 e. The lowest BCUT2D eigenvalue weighted by Gasteiger charge is -2.18. The van der Waals surface area contributed by atoms with E-state index in [0.29, 0.717) is 22.6 Å². The van der Waals surface area contributed by atoms with Crippen LogP contribution < -0.4 is 15.8 Å². The Bertz CT molecular complexity index is 1410. The van der Waals surface area contributed by atoms with Crippen LogP contribution in [0.25, 0.3) is 11.0 Å². The Morgan fingerprint density at radius 2 is 1.83 bits per heavy atom. The van der Waals surface area contributed by atoms with Gasteiger partial charge in [-0.05, 0) is 35.9 Å². The van der Waals surface area contributed by atoms with Gasteiger partial charge in [-0.15, -0.1) is 0 Å². The molecular weight excluding hydrogens is 493 g/mol. The molecule has 4 aromatic rings. The molecule has 3 N–H and O–H groups in total. The second-order valence-corrected chi connectivity index (χ2v) is 8.41. The summed E-state index contributed by atoms with van der Waals surface area (Å²) >= 11 is 12.1. The first-order chi connectivity index (χ1) is 16.9. The van der Waals surface area contributed by atoms with Crippen LogP contribution in [0.2, 0.25) is 10.0 Å². The van der Waals surface area contributed by atoms with Gasteiger partial charge in [-0.2, -0.15) is 4.91 Å². The zero-order chi connectivity index (χ0) is 24.9. The smallest absolute Gasteiger partial charge is 0.316 e. The number of nitroso groups, excluding NO2 is 1. The van der Waals surface area contributed by atoms with Crippen molar-refractivity contribution in [3.8, 4) is 5.75 Å². The van der Waals surface area contributed by atoms with Crippen LogP contribution in [0.15, 0.2) is 76.3 Å². The van der Waals surface area contributed by atoms with Gasteiger partial charge in [0.2, 0.25) is 5.78 Å². The molecule has 4 rings (SSSR count). The van der Waals surface area contributed by atoms with Crippen molar-refractivity contribution >= 4 is 51.7 Å². The predicted octanol–water partition coefficient (Wildman–Crippen LogP) is 6.74. The summed E-state index contributed by atoms with van der Waals surface area (Å²) < 4.78 is 12.0. The Morgan fingerprint density at radius 1 is 1.06 bits per heavy atom. The molecule has 1 heterocycles. The fourth-order valence-corrected chi connectivity index (χ4v) is 4.14. The number of anilines is 1. The number of furan rings is 1. The SMILES string of the molecule is NC(=O)Nc1c(C(=O)c2ccc(Cl)cc2Cl)oc2cc(OC(CCN=O)c3ccccc3)ccc12. The van der Waals surface area contributed by atoms with E-state index in [9.17, 15) is 14.5 Å². The molecule has 35 heavy (non-hydrogen) atoms. The summed E-state index contributed by atoms with van der Waals surface area (Å²) in [5.74, 6) is -0.279. The van der Waals surface area contributed by atoms with Crippen molar-refractivity contribution in [1.82, 2.24) is 0 Å². The average molecular weight is 512 g/mol. The number of primary amides is 1. The molecule has 0 fully saturated rings. The van der Waals surface area contributed by atoms with E-state index in [1.807, 2.05) is 30.3 Å². The molecule has 0 saturated carbocycles. The maximum absolute atomic E-state index is 13.2. The number of nitrogens with two attached hydrogens (primary N) is 1. The predicted molar refractivity (Wildman–Crippen MR) is 134 cm³/mol.